The van der Waals surface area contributed by atoms with Gasteiger partial charge in [0.2, 0.25) is 0 Å². The van der Waals surface area contributed by atoms with Crippen LogP contribution in [0.4, 0.5) is 0 Å². The summed E-state index contributed by atoms with van der Waals surface area (Å²) in [5, 5.41) is 9.43. The first-order valence-corrected chi connectivity index (χ1v) is 10.2. The largest absolute Gasteiger partial charge is 0.378 e. The zero-order valence-electron chi connectivity index (χ0n) is 17.1. The minimum Gasteiger partial charge on any atom is -0.378 e. The number of benzene rings is 1. The molecule has 158 valence electrons. The predicted octanol–water partition coefficient (Wildman–Crippen LogP) is 3.46. The number of amides is 1. The number of nitrogens with zero attached hydrogens (tertiary/aromatic N) is 1. The quantitative estimate of drug-likeness (QED) is 0.209. The summed E-state index contributed by atoms with van der Waals surface area (Å²) in [6.07, 6.45) is 7.83. The zero-order chi connectivity index (χ0) is 19.3. The molecule has 1 aliphatic rings. The van der Waals surface area contributed by atoms with Gasteiger partial charge < -0.3 is 20.7 Å². The molecule has 1 amide bonds. The highest BCUT2D eigenvalue weighted by molar-refractivity contribution is 14.0. The average Bonchev–Trinajstić information content (AvgIpc) is 2.71. The van der Waals surface area contributed by atoms with Crippen LogP contribution in [0.15, 0.2) is 29.3 Å². The highest BCUT2D eigenvalue weighted by atomic mass is 127. The normalized spacial score (nSPS) is 14.9. The third-order valence-electron chi connectivity index (χ3n) is 4.73. The van der Waals surface area contributed by atoms with E-state index in [9.17, 15) is 4.79 Å². The highest BCUT2D eigenvalue weighted by Gasteiger charge is 2.13. The van der Waals surface area contributed by atoms with Crippen LogP contribution in [0.3, 0.4) is 0 Å². The Kier molecular flexibility index (Phi) is 12.9. The molecule has 2 rings (SSSR count). The first kappa shape index (κ1) is 24.7. The van der Waals surface area contributed by atoms with Crippen LogP contribution in [0.1, 0.15) is 61.4 Å². The topological polar surface area (TPSA) is 74.8 Å². The summed E-state index contributed by atoms with van der Waals surface area (Å²) in [6.45, 7) is 4.78. The molecule has 1 aromatic rings. The second-order valence-electron chi connectivity index (χ2n) is 6.90. The third-order valence-corrected chi connectivity index (χ3v) is 4.73. The van der Waals surface area contributed by atoms with Gasteiger partial charge in [-0.25, -0.2) is 0 Å². The average molecular weight is 502 g/mol. The molecular formula is C21H35IN4O2. The molecule has 1 saturated carbocycles. The molecule has 3 N–H and O–H groups in total. The fraction of sp³-hybridized carbons (Fsp3) is 0.619. The molecule has 1 fully saturated rings. The lowest BCUT2D eigenvalue weighted by molar-refractivity contribution is 0.0277. The summed E-state index contributed by atoms with van der Waals surface area (Å²) in [5.41, 5.74) is 1.72. The van der Waals surface area contributed by atoms with E-state index in [2.05, 4.69) is 20.9 Å². The summed E-state index contributed by atoms with van der Waals surface area (Å²) in [7, 11) is 1.76. The number of hydrogen-bond donors (Lipinski definition) is 3. The number of guanidine groups is 1. The zero-order valence-corrected chi connectivity index (χ0v) is 19.5. The summed E-state index contributed by atoms with van der Waals surface area (Å²) >= 11 is 0. The standard InChI is InChI=1S/C21H34N4O2.HI/c1-3-23-20(26)18-10-7-9-17(15-18)16-25-21(22-2)24-13-8-14-27-19-11-5-4-6-12-19;/h7,9-10,15,19H,3-6,8,11-14,16H2,1-2H3,(H,23,26)(H2,22,24,25);1H. The molecule has 0 heterocycles. The summed E-state index contributed by atoms with van der Waals surface area (Å²) in [6, 6.07) is 7.64. The molecule has 0 atom stereocenters. The van der Waals surface area contributed by atoms with E-state index in [1.165, 1.54) is 32.1 Å². The fourth-order valence-electron chi connectivity index (χ4n) is 3.25. The number of halogens is 1. The van der Waals surface area contributed by atoms with Gasteiger partial charge in [0, 0.05) is 38.9 Å². The van der Waals surface area contributed by atoms with Crippen molar-refractivity contribution in [3.63, 3.8) is 0 Å². The van der Waals surface area contributed by atoms with Crippen LogP contribution in [0.2, 0.25) is 0 Å². The summed E-state index contributed by atoms with van der Waals surface area (Å²) in [4.78, 5) is 16.2. The number of carbonyl (C=O) groups is 1. The lowest BCUT2D eigenvalue weighted by Gasteiger charge is -2.22. The van der Waals surface area contributed by atoms with Crippen LogP contribution in [-0.4, -0.2) is 44.7 Å². The van der Waals surface area contributed by atoms with Gasteiger partial charge in [-0.1, -0.05) is 31.4 Å². The Labute approximate surface area is 186 Å². The fourth-order valence-corrected chi connectivity index (χ4v) is 3.25. The molecule has 0 bridgehead atoms. The van der Waals surface area contributed by atoms with Crippen molar-refractivity contribution in [2.75, 3.05) is 26.7 Å². The maximum Gasteiger partial charge on any atom is 0.251 e. The number of carbonyl (C=O) groups excluding carboxylic acids is 1. The van der Waals surface area contributed by atoms with Crippen molar-refractivity contribution in [2.24, 2.45) is 4.99 Å². The molecule has 0 unspecified atom stereocenters. The van der Waals surface area contributed by atoms with E-state index < -0.39 is 0 Å². The smallest absolute Gasteiger partial charge is 0.251 e. The van der Waals surface area contributed by atoms with E-state index in [1.807, 2.05) is 31.2 Å². The molecule has 1 aliphatic carbocycles. The molecule has 0 radical (unpaired) electrons. The van der Waals surface area contributed by atoms with E-state index in [-0.39, 0.29) is 29.9 Å². The SMILES string of the molecule is CCNC(=O)c1cccc(CNC(=NC)NCCCOC2CCCCC2)c1.I. The molecule has 1 aromatic carbocycles. The molecule has 0 aromatic heterocycles. The summed E-state index contributed by atoms with van der Waals surface area (Å²) in [5.74, 6) is 0.718. The Morgan fingerprint density at radius 1 is 1.18 bits per heavy atom. The van der Waals surface area contributed by atoms with E-state index in [1.54, 1.807) is 7.05 Å². The summed E-state index contributed by atoms with van der Waals surface area (Å²) < 4.78 is 5.94. The predicted molar refractivity (Wildman–Crippen MR) is 126 cm³/mol. The van der Waals surface area contributed by atoms with Gasteiger partial charge in [0.1, 0.15) is 0 Å². The minimum absolute atomic E-state index is 0. The Hall–Kier alpha value is -1.35. The Bertz CT molecular complexity index is 604. The van der Waals surface area contributed by atoms with Crippen molar-refractivity contribution < 1.29 is 9.53 Å². The van der Waals surface area contributed by atoms with E-state index >= 15 is 0 Å². The van der Waals surface area contributed by atoms with Crippen LogP contribution < -0.4 is 16.0 Å². The monoisotopic (exact) mass is 502 g/mol. The van der Waals surface area contributed by atoms with Gasteiger partial charge in [0.15, 0.2) is 5.96 Å². The Morgan fingerprint density at radius 3 is 2.68 bits per heavy atom. The van der Waals surface area contributed by atoms with Crippen molar-refractivity contribution in [1.29, 1.82) is 0 Å². The van der Waals surface area contributed by atoms with Crippen LogP contribution in [0, 0.1) is 0 Å². The van der Waals surface area contributed by atoms with Crippen LogP contribution in [0.5, 0.6) is 0 Å². The van der Waals surface area contributed by atoms with Crippen molar-refractivity contribution >= 4 is 35.8 Å². The van der Waals surface area contributed by atoms with E-state index in [0.717, 1.165) is 31.1 Å². The van der Waals surface area contributed by atoms with Gasteiger partial charge in [0.05, 0.1) is 6.10 Å². The maximum absolute atomic E-state index is 11.9. The molecule has 7 heteroatoms. The minimum atomic E-state index is -0.0418. The van der Waals surface area contributed by atoms with Crippen LogP contribution >= 0.6 is 24.0 Å². The van der Waals surface area contributed by atoms with Crippen molar-refractivity contribution in [1.82, 2.24) is 16.0 Å². The number of aliphatic imine (C=N–C) groups is 1. The molecule has 0 spiro atoms. The third kappa shape index (κ3) is 9.23. The number of hydrogen-bond acceptors (Lipinski definition) is 3. The number of nitrogens with one attached hydrogen (secondary N) is 3. The number of rotatable bonds is 9. The highest BCUT2D eigenvalue weighted by Crippen LogP contribution is 2.20. The lowest BCUT2D eigenvalue weighted by atomic mass is 9.98. The second-order valence-corrected chi connectivity index (χ2v) is 6.90. The van der Waals surface area contributed by atoms with E-state index in [4.69, 9.17) is 4.74 Å². The van der Waals surface area contributed by atoms with Gasteiger partial charge in [0.25, 0.3) is 5.91 Å². The molecule has 0 saturated heterocycles. The van der Waals surface area contributed by atoms with Gasteiger partial charge in [-0.3, -0.25) is 9.79 Å². The number of ether oxygens (including phenoxy) is 1. The van der Waals surface area contributed by atoms with Crippen molar-refractivity contribution in [2.45, 2.75) is 58.1 Å². The Balaban J connectivity index is 0.00000392. The van der Waals surface area contributed by atoms with Gasteiger partial charge in [-0.05, 0) is 43.9 Å². The Morgan fingerprint density at radius 2 is 1.96 bits per heavy atom. The van der Waals surface area contributed by atoms with Crippen LogP contribution in [-0.2, 0) is 11.3 Å². The van der Waals surface area contributed by atoms with E-state index in [0.29, 0.717) is 24.8 Å². The van der Waals surface area contributed by atoms with Gasteiger partial charge in [-0.2, -0.15) is 0 Å². The lowest BCUT2D eigenvalue weighted by Crippen LogP contribution is -2.37. The molecule has 28 heavy (non-hydrogen) atoms. The molecule has 6 nitrogen and oxygen atoms in total. The maximum atomic E-state index is 11.9. The first-order valence-electron chi connectivity index (χ1n) is 10.2. The molecule has 0 aliphatic heterocycles. The van der Waals surface area contributed by atoms with Crippen molar-refractivity contribution in [3.8, 4) is 0 Å². The van der Waals surface area contributed by atoms with Gasteiger partial charge >= 0.3 is 0 Å². The molecular weight excluding hydrogens is 467 g/mol. The first-order chi connectivity index (χ1) is 13.2. The van der Waals surface area contributed by atoms with Gasteiger partial charge in [-0.15, -0.1) is 24.0 Å². The van der Waals surface area contributed by atoms with Crippen molar-refractivity contribution in [3.05, 3.63) is 35.4 Å². The van der Waals surface area contributed by atoms with Crippen LogP contribution in [0.25, 0.3) is 0 Å². The second kappa shape index (κ2) is 14.6.